The van der Waals surface area contributed by atoms with Crippen LogP contribution in [0.25, 0.3) is 0 Å². The lowest BCUT2D eigenvalue weighted by Crippen LogP contribution is -2.27. The molecule has 0 aliphatic carbocycles. The quantitative estimate of drug-likeness (QED) is 0.162. The summed E-state index contributed by atoms with van der Waals surface area (Å²) in [6.07, 6.45) is 0.508. The second-order valence-electron chi connectivity index (χ2n) is 5.97. The molecule has 180 valence electrons. The van der Waals surface area contributed by atoms with Gasteiger partial charge in [-0.25, -0.2) is 14.4 Å². The Morgan fingerprint density at radius 1 is 0.636 bits per heavy atom. The Hall–Kier alpha value is -3.96. The molecule has 1 aromatic rings. The van der Waals surface area contributed by atoms with E-state index in [9.17, 15) is 14.4 Å². The molecule has 1 aromatic heterocycles. The van der Waals surface area contributed by atoms with Crippen molar-refractivity contribution in [3.63, 3.8) is 0 Å². The number of hydrogen-bond acceptors (Lipinski definition) is 12. The van der Waals surface area contributed by atoms with Crippen LogP contribution >= 0.6 is 0 Å². The van der Waals surface area contributed by atoms with Gasteiger partial charge >= 0.3 is 35.9 Å². The highest BCUT2D eigenvalue weighted by Crippen LogP contribution is 2.20. The highest BCUT2D eigenvalue weighted by molar-refractivity contribution is 5.81. The largest absolute Gasteiger partial charge is 0.423 e. The van der Waals surface area contributed by atoms with Gasteiger partial charge in [-0.2, -0.15) is 0 Å². The van der Waals surface area contributed by atoms with Crippen LogP contribution in [-0.4, -0.2) is 51.7 Å². The molecule has 0 bridgehead atoms. The van der Waals surface area contributed by atoms with Gasteiger partial charge in [0.25, 0.3) is 0 Å². The molecule has 0 N–H and O–H groups in total. The first-order valence-corrected chi connectivity index (χ1v) is 10.0. The number of rotatable bonds is 15. The normalized spacial score (nSPS) is 12.8. The molecular formula is C21H27N3O9. The van der Waals surface area contributed by atoms with Crippen molar-refractivity contribution in [2.45, 2.75) is 58.9 Å². The van der Waals surface area contributed by atoms with Gasteiger partial charge in [0.1, 0.15) is 0 Å². The number of carbonyl (C=O) groups is 3. The summed E-state index contributed by atoms with van der Waals surface area (Å²) in [5.41, 5.74) is 0. The Kier molecular flexibility index (Phi) is 11.6. The molecular weight excluding hydrogens is 438 g/mol. The van der Waals surface area contributed by atoms with E-state index in [2.05, 4.69) is 34.7 Å². The van der Waals surface area contributed by atoms with Gasteiger partial charge in [-0.3, -0.25) is 0 Å². The summed E-state index contributed by atoms with van der Waals surface area (Å²) in [4.78, 5) is 46.4. The minimum absolute atomic E-state index is 0.251. The summed E-state index contributed by atoms with van der Waals surface area (Å²) in [6.45, 7) is 15.0. The van der Waals surface area contributed by atoms with Gasteiger partial charge in [-0.05, 0) is 0 Å². The summed E-state index contributed by atoms with van der Waals surface area (Å²) < 4.78 is 31.6. The molecule has 3 unspecified atom stereocenters. The fraction of sp³-hybridized carbons (Fsp3) is 0.429. The lowest BCUT2D eigenvalue weighted by molar-refractivity contribution is -0.158. The summed E-state index contributed by atoms with van der Waals surface area (Å²) in [7, 11) is 0. The molecule has 12 nitrogen and oxygen atoms in total. The van der Waals surface area contributed by atoms with Gasteiger partial charge in [0, 0.05) is 37.5 Å². The van der Waals surface area contributed by atoms with Crippen molar-refractivity contribution in [3.8, 4) is 18.0 Å². The van der Waals surface area contributed by atoms with Gasteiger partial charge in [-0.1, -0.05) is 40.5 Å². The van der Waals surface area contributed by atoms with Crippen LogP contribution in [0.4, 0.5) is 0 Å². The molecule has 0 amide bonds. The zero-order chi connectivity index (χ0) is 24.8. The number of esters is 3. The molecule has 33 heavy (non-hydrogen) atoms. The molecule has 0 aromatic carbocycles. The maximum Gasteiger partial charge on any atom is 0.333 e. The Balaban J connectivity index is 3.21. The van der Waals surface area contributed by atoms with Gasteiger partial charge in [-0.15, -0.1) is 15.0 Å². The Morgan fingerprint density at radius 2 is 0.879 bits per heavy atom. The van der Waals surface area contributed by atoms with Crippen LogP contribution < -0.4 is 14.2 Å². The van der Waals surface area contributed by atoms with E-state index in [-0.39, 0.29) is 37.3 Å². The van der Waals surface area contributed by atoms with E-state index in [1.54, 1.807) is 20.8 Å². The van der Waals surface area contributed by atoms with E-state index < -0.39 is 36.8 Å². The molecule has 1 heterocycles. The smallest absolute Gasteiger partial charge is 0.333 e. The molecule has 0 radical (unpaired) electrons. The minimum Gasteiger partial charge on any atom is -0.423 e. The number of carbonyl (C=O) groups excluding carboxylic acids is 3. The van der Waals surface area contributed by atoms with Gasteiger partial charge < -0.3 is 28.4 Å². The Morgan fingerprint density at radius 3 is 1.06 bits per heavy atom. The van der Waals surface area contributed by atoms with Crippen LogP contribution in [0.1, 0.15) is 40.0 Å². The molecule has 0 saturated heterocycles. The summed E-state index contributed by atoms with van der Waals surface area (Å²) in [6, 6.07) is -0.976. The number of ether oxygens (including phenoxy) is 6. The second kappa shape index (κ2) is 14.2. The van der Waals surface area contributed by atoms with E-state index in [0.29, 0.717) is 0 Å². The van der Waals surface area contributed by atoms with E-state index in [0.717, 1.165) is 18.2 Å². The van der Waals surface area contributed by atoms with Crippen molar-refractivity contribution >= 4 is 17.9 Å². The fourth-order valence-corrected chi connectivity index (χ4v) is 1.94. The third-order valence-electron chi connectivity index (χ3n) is 3.53. The standard InChI is InChI=1S/C21H27N3O9/c1-7-13(25)28-16(10-4)31-19-22-20(32-17(11-5)29-14(26)8-2)24-21(23-19)33-18(12-6)30-15(27)9-3/h7-9,16-18H,1-3,10-12H2,4-6H3. The maximum absolute atomic E-state index is 11.5. The van der Waals surface area contributed by atoms with Crippen molar-refractivity contribution in [2.75, 3.05) is 0 Å². The second-order valence-corrected chi connectivity index (χ2v) is 5.97. The van der Waals surface area contributed by atoms with Crippen LogP contribution in [0.3, 0.4) is 0 Å². The first-order valence-electron chi connectivity index (χ1n) is 10.0. The van der Waals surface area contributed by atoms with Crippen LogP contribution in [0, 0.1) is 0 Å². The van der Waals surface area contributed by atoms with Crippen LogP contribution in [0.5, 0.6) is 18.0 Å². The summed E-state index contributed by atoms with van der Waals surface area (Å²) in [5, 5.41) is 0. The number of nitrogens with zero attached hydrogens (tertiary/aromatic N) is 3. The van der Waals surface area contributed by atoms with Crippen molar-refractivity contribution in [1.29, 1.82) is 0 Å². The topological polar surface area (TPSA) is 145 Å². The Bertz CT molecular complexity index is 738. The monoisotopic (exact) mass is 465 g/mol. The lowest BCUT2D eigenvalue weighted by atomic mass is 10.4. The molecule has 12 heteroatoms. The molecule has 0 saturated carbocycles. The van der Waals surface area contributed by atoms with Crippen LogP contribution in [0.2, 0.25) is 0 Å². The molecule has 0 fully saturated rings. The summed E-state index contributed by atoms with van der Waals surface area (Å²) in [5.74, 6) is -2.14. The van der Waals surface area contributed by atoms with E-state index in [4.69, 9.17) is 28.4 Å². The fourth-order valence-electron chi connectivity index (χ4n) is 1.94. The number of aromatic nitrogens is 3. The third-order valence-corrected chi connectivity index (χ3v) is 3.53. The summed E-state index contributed by atoms with van der Waals surface area (Å²) >= 11 is 0. The first-order chi connectivity index (χ1) is 15.8. The predicted molar refractivity (Wildman–Crippen MR) is 113 cm³/mol. The molecule has 0 aliphatic rings. The molecule has 3 atom stereocenters. The van der Waals surface area contributed by atoms with Crippen molar-refractivity contribution in [3.05, 3.63) is 38.0 Å². The zero-order valence-electron chi connectivity index (χ0n) is 18.7. The Labute approximate surface area is 191 Å². The first kappa shape index (κ1) is 27.1. The van der Waals surface area contributed by atoms with Crippen molar-refractivity contribution in [2.24, 2.45) is 0 Å². The van der Waals surface area contributed by atoms with Crippen LogP contribution in [0.15, 0.2) is 38.0 Å². The predicted octanol–water partition coefficient (Wildman–Crippen LogP) is 2.40. The molecule has 0 aliphatic heterocycles. The molecule has 0 spiro atoms. The van der Waals surface area contributed by atoms with Crippen LogP contribution in [-0.2, 0) is 28.6 Å². The number of hydrogen-bond donors (Lipinski definition) is 0. The lowest BCUT2D eigenvalue weighted by Gasteiger charge is -2.19. The van der Waals surface area contributed by atoms with Gasteiger partial charge in [0.2, 0.25) is 18.9 Å². The van der Waals surface area contributed by atoms with Crippen molar-refractivity contribution < 1.29 is 42.8 Å². The highest BCUT2D eigenvalue weighted by atomic mass is 16.7. The van der Waals surface area contributed by atoms with E-state index >= 15 is 0 Å². The third kappa shape index (κ3) is 9.80. The minimum atomic E-state index is -1.06. The van der Waals surface area contributed by atoms with E-state index in [1.165, 1.54) is 0 Å². The zero-order valence-corrected chi connectivity index (χ0v) is 18.7. The highest BCUT2D eigenvalue weighted by Gasteiger charge is 2.22. The van der Waals surface area contributed by atoms with E-state index in [1.807, 2.05) is 0 Å². The van der Waals surface area contributed by atoms with Gasteiger partial charge in [0.15, 0.2) is 0 Å². The van der Waals surface area contributed by atoms with Gasteiger partial charge in [0.05, 0.1) is 0 Å². The molecule has 1 rings (SSSR count). The SMILES string of the molecule is C=CC(=O)OC(CC)Oc1nc(OC(CC)OC(=O)C=C)nc(OC(CC)OC(=O)C=C)n1. The average Bonchev–Trinajstić information content (AvgIpc) is 2.81. The average molecular weight is 465 g/mol. The maximum atomic E-state index is 11.5. The van der Waals surface area contributed by atoms with Crippen molar-refractivity contribution in [1.82, 2.24) is 15.0 Å².